The summed E-state index contributed by atoms with van der Waals surface area (Å²) in [6.07, 6.45) is 4.79. The lowest BCUT2D eigenvalue weighted by Crippen LogP contribution is -1.63. The molecule has 1 aromatic carbocycles. The standard InChI is InChI=1S/C8H8.C4H8.C2H4/c1-2-8-6-4-3-5-7-8;1-3-4-2;1-2/h2-7H,1H2;3H,1,4H2,2H3;1-2H2. The molecule has 0 aliphatic heterocycles. The van der Waals surface area contributed by atoms with Crippen molar-refractivity contribution in [2.24, 2.45) is 0 Å². The lowest BCUT2D eigenvalue weighted by atomic mass is 10.2. The van der Waals surface area contributed by atoms with Crippen LogP contribution in [0.3, 0.4) is 0 Å². The molecule has 0 aromatic heterocycles. The first-order valence-corrected chi connectivity index (χ1v) is 4.63. The first-order valence-electron chi connectivity index (χ1n) is 4.63. The highest BCUT2D eigenvalue weighted by molar-refractivity contribution is 5.45. The van der Waals surface area contributed by atoms with Gasteiger partial charge in [0.2, 0.25) is 0 Å². The van der Waals surface area contributed by atoms with Crippen LogP contribution in [0.25, 0.3) is 6.08 Å². The Kier molecular flexibility index (Phi) is 14.9. The van der Waals surface area contributed by atoms with Gasteiger partial charge in [-0.3, -0.25) is 0 Å². The van der Waals surface area contributed by atoms with E-state index in [1.807, 2.05) is 42.5 Å². The summed E-state index contributed by atoms with van der Waals surface area (Å²) in [5, 5.41) is 0. The molecule has 0 spiro atoms. The normalized spacial score (nSPS) is 6.93. The van der Waals surface area contributed by atoms with Gasteiger partial charge in [-0.1, -0.05) is 56.0 Å². The van der Waals surface area contributed by atoms with Gasteiger partial charge >= 0.3 is 0 Å². The fourth-order valence-electron chi connectivity index (χ4n) is 0.589. The molecule has 0 nitrogen and oxygen atoms in total. The van der Waals surface area contributed by atoms with Gasteiger partial charge in [0.15, 0.2) is 0 Å². The summed E-state index contributed by atoms with van der Waals surface area (Å²) < 4.78 is 0. The van der Waals surface area contributed by atoms with E-state index in [1.165, 1.54) is 5.56 Å². The minimum Gasteiger partial charge on any atom is -0.106 e. The molecule has 0 aliphatic rings. The van der Waals surface area contributed by atoms with Crippen LogP contribution >= 0.6 is 0 Å². The van der Waals surface area contributed by atoms with Crippen LogP contribution in [0, 0.1) is 0 Å². The van der Waals surface area contributed by atoms with Gasteiger partial charge in [-0.2, -0.15) is 0 Å². The third-order valence-corrected chi connectivity index (χ3v) is 1.32. The number of allylic oxidation sites excluding steroid dienone is 1. The van der Waals surface area contributed by atoms with E-state index in [1.54, 1.807) is 0 Å². The quantitative estimate of drug-likeness (QED) is 0.589. The Balaban J connectivity index is 0. The van der Waals surface area contributed by atoms with Gasteiger partial charge in [0.05, 0.1) is 0 Å². The van der Waals surface area contributed by atoms with Gasteiger partial charge in [-0.05, 0) is 12.0 Å². The average molecular weight is 188 g/mol. The summed E-state index contributed by atoms with van der Waals surface area (Å²) in [5.41, 5.74) is 1.17. The van der Waals surface area contributed by atoms with Crippen molar-refractivity contribution in [3.8, 4) is 0 Å². The van der Waals surface area contributed by atoms with Crippen LogP contribution in [0.5, 0.6) is 0 Å². The summed E-state index contributed by atoms with van der Waals surface area (Å²) in [5.74, 6) is 0. The smallest absolute Gasteiger partial charge is 0.0263 e. The predicted octanol–water partition coefficient (Wildman–Crippen LogP) is 4.71. The maximum Gasteiger partial charge on any atom is -0.0263 e. The van der Waals surface area contributed by atoms with Gasteiger partial charge in [-0.15, -0.1) is 19.7 Å². The van der Waals surface area contributed by atoms with Crippen LogP contribution in [-0.2, 0) is 0 Å². The zero-order chi connectivity index (χ0) is 11.2. The zero-order valence-electron chi connectivity index (χ0n) is 9.08. The Morgan fingerprint density at radius 3 is 1.71 bits per heavy atom. The number of hydrogen-bond donors (Lipinski definition) is 0. The molecule has 0 fully saturated rings. The molecule has 0 heteroatoms. The first-order chi connectivity index (χ1) is 6.85. The maximum atomic E-state index is 3.63. The van der Waals surface area contributed by atoms with Crippen LogP contribution in [0.1, 0.15) is 18.9 Å². The molecule has 0 bridgehead atoms. The van der Waals surface area contributed by atoms with E-state index in [4.69, 9.17) is 0 Å². The molecule has 0 heterocycles. The van der Waals surface area contributed by atoms with E-state index in [9.17, 15) is 0 Å². The Labute approximate surface area is 88.3 Å². The number of rotatable bonds is 2. The summed E-state index contributed by atoms with van der Waals surface area (Å²) in [6, 6.07) is 10.0. The fourth-order valence-corrected chi connectivity index (χ4v) is 0.589. The molecule has 0 amide bonds. The largest absolute Gasteiger partial charge is 0.106 e. The van der Waals surface area contributed by atoms with Crippen LogP contribution < -0.4 is 0 Å². The van der Waals surface area contributed by atoms with E-state index in [0.717, 1.165) is 6.42 Å². The Morgan fingerprint density at radius 1 is 1.07 bits per heavy atom. The second-order valence-corrected chi connectivity index (χ2v) is 2.31. The molecule has 0 saturated heterocycles. The number of benzene rings is 1. The molecule has 1 aromatic rings. The van der Waals surface area contributed by atoms with Gasteiger partial charge in [0.1, 0.15) is 0 Å². The summed E-state index contributed by atoms with van der Waals surface area (Å²) >= 11 is 0. The van der Waals surface area contributed by atoms with Crippen molar-refractivity contribution in [3.05, 3.63) is 68.3 Å². The minimum atomic E-state index is 1.08. The van der Waals surface area contributed by atoms with Crippen molar-refractivity contribution >= 4 is 6.08 Å². The lowest BCUT2D eigenvalue weighted by Gasteiger charge is -1.85. The highest BCUT2D eigenvalue weighted by Gasteiger charge is 1.75. The summed E-state index contributed by atoms with van der Waals surface area (Å²) in [4.78, 5) is 0. The van der Waals surface area contributed by atoms with Crippen molar-refractivity contribution in [1.82, 2.24) is 0 Å². The molecule has 76 valence electrons. The second kappa shape index (κ2) is 14.0. The summed E-state index contributed by atoms with van der Waals surface area (Å²) in [7, 11) is 0. The number of hydrogen-bond acceptors (Lipinski definition) is 0. The Hall–Kier alpha value is -1.56. The minimum absolute atomic E-state index is 1.08. The van der Waals surface area contributed by atoms with Crippen LogP contribution in [-0.4, -0.2) is 0 Å². The van der Waals surface area contributed by atoms with E-state index in [-0.39, 0.29) is 0 Å². The SMILES string of the molecule is C=C.C=CCC.C=Cc1ccccc1. The van der Waals surface area contributed by atoms with E-state index >= 15 is 0 Å². The highest BCUT2D eigenvalue weighted by atomic mass is 13.8. The van der Waals surface area contributed by atoms with E-state index in [0.29, 0.717) is 0 Å². The van der Waals surface area contributed by atoms with Crippen LogP contribution in [0.4, 0.5) is 0 Å². The van der Waals surface area contributed by atoms with Crippen molar-refractivity contribution < 1.29 is 0 Å². The predicted molar refractivity (Wildman–Crippen MR) is 68.3 cm³/mol. The third-order valence-electron chi connectivity index (χ3n) is 1.32. The molecule has 1 rings (SSSR count). The molecule has 0 aliphatic carbocycles. The average Bonchev–Trinajstić information content (AvgIpc) is 2.33. The molecular weight excluding hydrogens is 168 g/mol. The molecule has 0 atom stereocenters. The van der Waals surface area contributed by atoms with Crippen molar-refractivity contribution in [2.45, 2.75) is 13.3 Å². The van der Waals surface area contributed by atoms with Gasteiger partial charge in [0, 0.05) is 0 Å². The molecule has 0 unspecified atom stereocenters. The van der Waals surface area contributed by atoms with Gasteiger partial charge < -0.3 is 0 Å². The molecule has 0 saturated carbocycles. The fraction of sp³-hybridized carbons (Fsp3) is 0.143. The highest BCUT2D eigenvalue weighted by Crippen LogP contribution is 1.97. The Morgan fingerprint density at radius 2 is 1.50 bits per heavy atom. The van der Waals surface area contributed by atoms with Crippen LogP contribution in [0.15, 0.2) is 62.7 Å². The third kappa shape index (κ3) is 10.4. The zero-order valence-corrected chi connectivity index (χ0v) is 9.08. The van der Waals surface area contributed by atoms with Crippen molar-refractivity contribution in [1.29, 1.82) is 0 Å². The first kappa shape index (κ1) is 14.9. The van der Waals surface area contributed by atoms with Crippen molar-refractivity contribution in [3.63, 3.8) is 0 Å². The lowest BCUT2D eigenvalue weighted by molar-refractivity contribution is 1.23. The summed E-state index contributed by atoms with van der Waals surface area (Å²) in [6.45, 7) is 15.2. The second-order valence-electron chi connectivity index (χ2n) is 2.31. The van der Waals surface area contributed by atoms with E-state index < -0.39 is 0 Å². The van der Waals surface area contributed by atoms with E-state index in [2.05, 4.69) is 33.2 Å². The maximum absolute atomic E-state index is 3.63. The van der Waals surface area contributed by atoms with Crippen LogP contribution in [0.2, 0.25) is 0 Å². The van der Waals surface area contributed by atoms with Crippen molar-refractivity contribution in [2.75, 3.05) is 0 Å². The molecular formula is C14H20. The van der Waals surface area contributed by atoms with Gasteiger partial charge in [0.25, 0.3) is 0 Å². The van der Waals surface area contributed by atoms with Gasteiger partial charge in [-0.25, -0.2) is 0 Å². The molecule has 14 heavy (non-hydrogen) atoms. The topological polar surface area (TPSA) is 0 Å². The Bertz CT molecular complexity index is 221. The molecule has 0 N–H and O–H groups in total. The molecule has 0 radical (unpaired) electrons. The monoisotopic (exact) mass is 188 g/mol.